The maximum atomic E-state index is 13.1. The molecule has 5 unspecified atom stereocenters. The smallest absolute Gasteiger partial charge is 0.220 e. The molecule has 336 valence electrons. The highest BCUT2D eigenvalue weighted by Crippen LogP contribution is 2.60. The SMILES string of the molecule is CCCCCCCCCCCCCC[C@@H](O)[C@@H](O)[C@H](CCOC1OC(CO)C(O)C(O)C1O)NC(=O)CCCCCCCCN(CCCCCCC)C12CC(C1)C2. The summed E-state index contributed by atoms with van der Waals surface area (Å²) >= 11 is 0. The molecular formula is C46H88N2O9. The van der Waals surface area contributed by atoms with Crippen LogP contribution in [0.1, 0.15) is 200 Å². The number of nitrogens with one attached hydrogen (secondary N) is 1. The summed E-state index contributed by atoms with van der Waals surface area (Å²) in [6.07, 6.45) is 23.6. The van der Waals surface area contributed by atoms with Crippen molar-refractivity contribution in [2.45, 2.75) is 255 Å². The minimum atomic E-state index is -1.56. The van der Waals surface area contributed by atoms with Crippen molar-refractivity contribution < 1.29 is 44.9 Å². The van der Waals surface area contributed by atoms with E-state index in [4.69, 9.17) is 9.47 Å². The summed E-state index contributed by atoms with van der Waals surface area (Å²) in [6.45, 7) is 6.37. The lowest BCUT2D eigenvalue weighted by molar-refractivity contribution is -0.301. The molecule has 4 rings (SSSR count). The first-order valence-electron chi connectivity index (χ1n) is 24.0. The van der Waals surface area contributed by atoms with Crippen molar-refractivity contribution in [2.75, 3.05) is 26.3 Å². The third kappa shape index (κ3) is 18.3. The number of hydrogen-bond donors (Lipinski definition) is 7. The van der Waals surface area contributed by atoms with Gasteiger partial charge in [0.1, 0.15) is 30.5 Å². The van der Waals surface area contributed by atoms with E-state index in [1.54, 1.807) is 0 Å². The van der Waals surface area contributed by atoms with Gasteiger partial charge in [-0.15, -0.1) is 0 Å². The Labute approximate surface area is 347 Å². The lowest BCUT2D eigenvalue weighted by atomic mass is 9.49. The van der Waals surface area contributed by atoms with E-state index in [1.165, 1.54) is 142 Å². The Morgan fingerprint density at radius 1 is 0.684 bits per heavy atom. The highest BCUT2D eigenvalue weighted by atomic mass is 16.7. The van der Waals surface area contributed by atoms with Crippen LogP contribution in [-0.4, -0.2) is 122 Å². The van der Waals surface area contributed by atoms with Gasteiger partial charge in [0, 0.05) is 12.0 Å². The predicted molar refractivity (Wildman–Crippen MR) is 227 cm³/mol. The first-order chi connectivity index (χ1) is 27.7. The monoisotopic (exact) mass is 813 g/mol. The number of aliphatic hydroxyl groups excluding tert-OH is 6. The van der Waals surface area contributed by atoms with E-state index in [-0.39, 0.29) is 18.9 Å². The van der Waals surface area contributed by atoms with Crippen molar-refractivity contribution in [2.24, 2.45) is 5.92 Å². The topological polar surface area (TPSA) is 172 Å². The van der Waals surface area contributed by atoms with Crippen LogP contribution in [0.15, 0.2) is 0 Å². The molecule has 1 saturated heterocycles. The van der Waals surface area contributed by atoms with E-state index in [1.807, 2.05) is 0 Å². The molecule has 4 fully saturated rings. The van der Waals surface area contributed by atoms with Crippen LogP contribution < -0.4 is 5.32 Å². The first-order valence-corrected chi connectivity index (χ1v) is 24.0. The summed E-state index contributed by atoms with van der Waals surface area (Å²) in [5.41, 5.74) is 0.544. The zero-order valence-electron chi connectivity index (χ0n) is 36.4. The van der Waals surface area contributed by atoms with Crippen LogP contribution >= 0.6 is 0 Å². The summed E-state index contributed by atoms with van der Waals surface area (Å²) in [5.74, 6) is 0.819. The summed E-state index contributed by atoms with van der Waals surface area (Å²) in [7, 11) is 0. The van der Waals surface area contributed by atoms with Gasteiger partial charge in [-0.25, -0.2) is 0 Å². The first kappa shape index (κ1) is 50.5. The minimum Gasteiger partial charge on any atom is -0.394 e. The van der Waals surface area contributed by atoms with Gasteiger partial charge in [-0.2, -0.15) is 0 Å². The molecule has 11 heteroatoms. The standard InChI is InChI=1S/C46H88N2O9/c1-3-5-7-9-10-11-12-13-14-15-18-22-26-38(50)41(52)37(28-31-56-45-44(55)43(54)42(53)39(35-49)57-45)47-40(51)27-23-19-16-17-21-25-30-48(29-24-20-8-6-4-2)46-32-36(33-46)34-46/h36-39,41-45,49-50,52-55H,3-35H2,1-2H3,(H,47,51)/t36?,37-,38+,39?,41-,42?,43?,44?,45?,46?/m0/s1. The summed E-state index contributed by atoms with van der Waals surface area (Å²) in [4.78, 5) is 15.9. The zero-order chi connectivity index (χ0) is 41.3. The van der Waals surface area contributed by atoms with Crippen molar-refractivity contribution in [3.8, 4) is 0 Å². The highest BCUT2D eigenvalue weighted by Gasteiger charge is 2.59. The number of carbonyl (C=O) groups excluding carboxylic acids is 1. The van der Waals surface area contributed by atoms with E-state index in [2.05, 4.69) is 24.1 Å². The minimum absolute atomic E-state index is 0.0615. The van der Waals surface area contributed by atoms with Gasteiger partial charge >= 0.3 is 0 Å². The number of aliphatic hydroxyl groups is 6. The number of carbonyl (C=O) groups is 1. The molecule has 3 aliphatic carbocycles. The molecule has 8 atom stereocenters. The summed E-state index contributed by atoms with van der Waals surface area (Å²) < 4.78 is 11.1. The molecule has 11 nitrogen and oxygen atoms in total. The average Bonchev–Trinajstić information content (AvgIpc) is 3.16. The number of hydrogen-bond acceptors (Lipinski definition) is 10. The number of nitrogens with zero attached hydrogens (tertiary/aromatic N) is 1. The molecule has 57 heavy (non-hydrogen) atoms. The van der Waals surface area contributed by atoms with Crippen LogP contribution in [0.3, 0.4) is 0 Å². The Kier molecular flexibility index (Phi) is 26.0. The number of ether oxygens (including phenoxy) is 2. The molecule has 0 spiro atoms. The van der Waals surface area contributed by atoms with Crippen LogP contribution in [0.2, 0.25) is 0 Å². The van der Waals surface area contributed by atoms with Crippen LogP contribution in [0.4, 0.5) is 0 Å². The predicted octanol–water partition coefficient (Wildman–Crippen LogP) is 7.05. The van der Waals surface area contributed by atoms with Gasteiger partial charge in [0.25, 0.3) is 0 Å². The van der Waals surface area contributed by atoms with Gasteiger partial charge in [0.2, 0.25) is 5.91 Å². The number of rotatable bonds is 37. The summed E-state index contributed by atoms with van der Waals surface area (Å²) in [5, 5.41) is 65.3. The fraction of sp³-hybridized carbons (Fsp3) is 0.978. The van der Waals surface area contributed by atoms with Gasteiger partial charge in [0.15, 0.2) is 6.29 Å². The van der Waals surface area contributed by atoms with Crippen molar-refractivity contribution in [1.82, 2.24) is 10.2 Å². The third-order valence-electron chi connectivity index (χ3n) is 13.4. The molecule has 0 aromatic rings. The largest absolute Gasteiger partial charge is 0.394 e. The molecule has 0 aromatic carbocycles. The van der Waals surface area contributed by atoms with Crippen LogP contribution in [-0.2, 0) is 14.3 Å². The maximum absolute atomic E-state index is 13.1. The second kappa shape index (κ2) is 29.4. The molecule has 4 aliphatic rings. The molecule has 7 N–H and O–H groups in total. The quantitative estimate of drug-likeness (QED) is 0.0323. The van der Waals surface area contributed by atoms with Crippen molar-refractivity contribution >= 4 is 5.91 Å². The molecule has 2 bridgehead atoms. The highest BCUT2D eigenvalue weighted by molar-refractivity contribution is 5.76. The average molecular weight is 813 g/mol. The number of amides is 1. The van der Waals surface area contributed by atoms with E-state index < -0.39 is 55.6 Å². The Morgan fingerprint density at radius 2 is 1.18 bits per heavy atom. The van der Waals surface area contributed by atoms with Gasteiger partial charge in [-0.1, -0.05) is 142 Å². The molecular weight excluding hydrogens is 725 g/mol. The van der Waals surface area contributed by atoms with Crippen molar-refractivity contribution in [3.05, 3.63) is 0 Å². The van der Waals surface area contributed by atoms with E-state index >= 15 is 0 Å². The van der Waals surface area contributed by atoms with Crippen LogP contribution in [0.5, 0.6) is 0 Å². The molecule has 3 saturated carbocycles. The summed E-state index contributed by atoms with van der Waals surface area (Å²) in [6, 6.07) is -0.787. The zero-order valence-corrected chi connectivity index (χ0v) is 36.4. The maximum Gasteiger partial charge on any atom is 0.220 e. The van der Waals surface area contributed by atoms with Crippen molar-refractivity contribution in [3.63, 3.8) is 0 Å². The Balaban J connectivity index is 1.35. The van der Waals surface area contributed by atoms with Gasteiger partial charge in [0.05, 0.1) is 25.4 Å². The van der Waals surface area contributed by atoms with Crippen molar-refractivity contribution in [1.29, 1.82) is 0 Å². The molecule has 0 aromatic heterocycles. The number of unbranched alkanes of at least 4 members (excludes halogenated alkanes) is 20. The van der Waals surface area contributed by atoms with E-state index in [9.17, 15) is 35.4 Å². The van der Waals surface area contributed by atoms with Crippen LogP contribution in [0, 0.1) is 5.92 Å². The van der Waals surface area contributed by atoms with Gasteiger partial charge in [-0.3, -0.25) is 9.69 Å². The Bertz CT molecular complexity index is 1000. The molecule has 1 amide bonds. The fourth-order valence-electron chi connectivity index (χ4n) is 9.36. The lowest BCUT2D eigenvalue weighted by Crippen LogP contribution is -2.68. The van der Waals surface area contributed by atoms with E-state index in [0.29, 0.717) is 18.4 Å². The second-order valence-corrected chi connectivity index (χ2v) is 18.2. The molecule has 1 aliphatic heterocycles. The Morgan fingerprint density at radius 3 is 1.67 bits per heavy atom. The molecule has 0 radical (unpaired) electrons. The fourth-order valence-corrected chi connectivity index (χ4v) is 9.36. The van der Waals surface area contributed by atoms with Gasteiger partial charge in [-0.05, 0) is 70.4 Å². The lowest BCUT2D eigenvalue weighted by Gasteiger charge is -2.67. The molecule has 1 heterocycles. The normalized spacial score (nSPS) is 27.2. The Hall–Kier alpha value is -0.890. The van der Waals surface area contributed by atoms with E-state index in [0.717, 1.165) is 44.4 Å². The third-order valence-corrected chi connectivity index (χ3v) is 13.4. The van der Waals surface area contributed by atoms with Gasteiger partial charge < -0.3 is 45.4 Å². The van der Waals surface area contributed by atoms with Crippen LogP contribution in [0.25, 0.3) is 0 Å². The second-order valence-electron chi connectivity index (χ2n) is 18.2.